The summed E-state index contributed by atoms with van der Waals surface area (Å²) in [5.41, 5.74) is 2.62. The van der Waals surface area contributed by atoms with E-state index in [2.05, 4.69) is 5.32 Å². The maximum absolute atomic E-state index is 14.0. The van der Waals surface area contributed by atoms with Crippen molar-refractivity contribution >= 4 is 50.9 Å². The monoisotopic (exact) mass is 584 g/mol. The van der Waals surface area contributed by atoms with Gasteiger partial charge in [0.2, 0.25) is 11.8 Å². The van der Waals surface area contributed by atoms with Crippen LogP contribution in [0.15, 0.2) is 36.4 Å². The molecule has 1 N–H and O–H groups in total. The van der Waals surface area contributed by atoms with Crippen LogP contribution in [0.25, 0.3) is 0 Å². The van der Waals surface area contributed by atoms with Crippen LogP contribution in [0.4, 0.5) is 5.69 Å². The number of nitrogens with one attached hydrogen (secondary N) is 1. The van der Waals surface area contributed by atoms with Crippen LogP contribution in [-0.2, 0) is 26.3 Å². The normalized spacial score (nSPS) is 13.2. The smallest absolute Gasteiger partial charge is 0.304 e. The van der Waals surface area contributed by atoms with Crippen molar-refractivity contribution in [2.24, 2.45) is 0 Å². The van der Waals surface area contributed by atoms with Crippen LogP contribution in [0, 0.1) is 13.8 Å². The van der Waals surface area contributed by atoms with Crippen molar-refractivity contribution in [2.45, 2.75) is 66.1 Å². The molecule has 0 saturated carbocycles. The molecular formula is C27H38Cl2N4O4S. The van der Waals surface area contributed by atoms with Gasteiger partial charge in [-0.15, -0.1) is 0 Å². The van der Waals surface area contributed by atoms with Crippen molar-refractivity contribution in [1.29, 1.82) is 0 Å². The van der Waals surface area contributed by atoms with E-state index in [-0.39, 0.29) is 18.5 Å². The molecule has 0 saturated heterocycles. The van der Waals surface area contributed by atoms with E-state index in [1.54, 1.807) is 31.2 Å². The molecule has 0 aliphatic heterocycles. The first-order valence-corrected chi connectivity index (χ1v) is 14.7. The van der Waals surface area contributed by atoms with Gasteiger partial charge in [0.1, 0.15) is 12.6 Å². The highest BCUT2D eigenvalue weighted by Gasteiger charge is 2.34. The minimum atomic E-state index is -4.04. The lowest BCUT2D eigenvalue weighted by atomic mass is 10.1. The highest BCUT2D eigenvalue weighted by Crippen LogP contribution is 2.27. The molecule has 11 heteroatoms. The van der Waals surface area contributed by atoms with E-state index < -0.39 is 28.7 Å². The number of carbonyl (C=O) groups excluding carboxylic acids is 2. The Labute approximate surface area is 237 Å². The molecule has 0 bridgehead atoms. The number of hydrogen-bond donors (Lipinski definition) is 1. The summed E-state index contributed by atoms with van der Waals surface area (Å²) in [5, 5.41) is 3.64. The van der Waals surface area contributed by atoms with Gasteiger partial charge < -0.3 is 10.2 Å². The van der Waals surface area contributed by atoms with Crippen LogP contribution < -0.4 is 9.62 Å². The Morgan fingerprint density at radius 1 is 0.974 bits per heavy atom. The fourth-order valence-corrected chi connectivity index (χ4v) is 5.32. The maximum atomic E-state index is 14.0. The standard InChI is InChI=1S/C27H38Cl2N4O4S/c1-8-20(5)30-27(35)24(9-2)32(16-21-12-13-22(28)23(29)15-21)26(34)17-33(38(36,37)31(6)7)25-14-18(3)10-11-19(25)4/h10-15,20,24H,8-9,16-17H2,1-7H3,(H,30,35)/t20-,24+/m1/s1. The number of benzene rings is 2. The molecule has 0 radical (unpaired) electrons. The second kappa shape index (κ2) is 13.6. The Balaban J connectivity index is 2.58. The average molecular weight is 586 g/mol. The first-order chi connectivity index (χ1) is 17.7. The number of rotatable bonds is 12. The topological polar surface area (TPSA) is 90.0 Å². The molecule has 0 spiro atoms. The van der Waals surface area contributed by atoms with Gasteiger partial charge in [0.25, 0.3) is 0 Å². The number of hydrogen-bond acceptors (Lipinski definition) is 4. The van der Waals surface area contributed by atoms with Gasteiger partial charge in [-0.2, -0.15) is 12.7 Å². The van der Waals surface area contributed by atoms with Crippen molar-refractivity contribution in [3.05, 3.63) is 63.1 Å². The van der Waals surface area contributed by atoms with E-state index in [0.29, 0.717) is 33.3 Å². The largest absolute Gasteiger partial charge is 0.352 e. The molecule has 0 aliphatic carbocycles. The predicted octanol–water partition coefficient (Wildman–Crippen LogP) is 4.95. The molecule has 0 heterocycles. The molecule has 38 heavy (non-hydrogen) atoms. The number of halogens is 2. The summed E-state index contributed by atoms with van der Waals surface area (Å²) in [7, 11) is -1.21. The van der Waals surface area contributed by atoms with E-state index >= 15 is 0 Å². The van der Waals surface area contributed by atoms with E-state index in [4.69, 9.17) is 23.2 Å². The highest BCUT2D eigenvalue weighted by atomic mass is 35.5. The van der Waals surface area contributed by atoms with Gasteiger partial charge in [-0.05, 0) is 68.5 Å². The molecule has 0 unspecified atom stereocenters. The van der Waals surface area contributed by atoms with Crippen LogP contribution in [0.2, 0.25) is 10.0 Å². The Morgan fingerprint density at radius 2 is 1.63 bits per heavy atom. The molecule has 210 valence electrons. The van der Waals surface area contributed by atoms with E-state index in [1.165, 1.54) is 19.0 Å². The Kier molecular flexibility index (Phi) is 11.4. The maximum Gasteiger partial charge on any atom is 0.304 e. The molecule has 0 aliphatic rings. The predicted molar refractivity (Wildman–Crippen MR) is 155 cm³/mol. The molecule has 0 fully saturated rings. The average Bonchev–Trinajstić information content (AvgIpc) is 2.85. The van der Waals surface area contributed by atoms with E-state index in [1.807, 2.05) is 39.8 Å². The van der Waals surface area contributed by atoms with E-state index in [9.17, 15) is 18.0 Å². The second-order valence-corrected chi connectivity index (χ2v) is 12.5. The van der Waals surface area contributed by atoms with E-state index in [0.717, 1.165) is 20.6 Å². The minimum absolute atomic E-state index is 0.0464. The van der Waals surface area contributed by atoms with Gasteiger partial charge in [0.05, 0.1) is 15.7 Å². The molecule has 2 rings (SSSR count). The SMILES string of the molecule is CC[C@@H](C)NC(=O)[C@H](CC)N(Cc1ccc(Cl)c(Cl)c1)C(=O)CN(c1cc(C)ccc1C)S(=O)(=O)N(C)C. The molecule has 2 atom stereocenters. The van der Waals surface area contributed by atoms with Gasteiger partial charge >= 0.3 is 10.2 Å². The molecule has 0 aromatic heterocycles. The Hall–Kier alpha value is -2.33. The molecule has 8 nitrogen and oxygen atoms in total. The molecule has 2 aromatic carbocycles. The van der Waals surface area contributed by atoms with Crippen molar-refractivity contribution in [2.75, 3.05) is 24.9 Å². The zero-order valence-electron chi connectivity index (χ0n) is 23.1. The van der Waals surface area contributed by atoms with Gasteiger partial charge in [-0.25, -0.2) is 4.31 Å². The summed E-state index contributed by atoms with van der Waals surface area (Å²) in [6, 6.07) is 9.52. The molecule has 2 amide bonds. The Bertz CT molecular complexity index is 1250. The first kappa shape index (κ1) is 31.9. The summed E-state index contributed by atoms with van der Waals surface area (Å²) in [4.78, 5) is 28.7. The lowest BCUT2D eigenvalue weighted by Gasteiger charge is -2.34. The summed E-state index contributed by atoms with van der Waals surface area (Å²) in [6.07, 6.45) is 1.06. The molecular weight excluding hydrogens is 547 g/mol. The summed E-state index contributed by atoms with van der Waals surface area (Å²) in [5.74, 6) is -0.822. The third-order valence-electron chi connectivity index (χ3n) is 6.38. The van der Waals surface area contributed by atoms with Gasteiger partial charge in [-0.3, -0.25) is 9.59 Å². The summed E-state index contributed by atoms with van der Waals surface area (Å²) in [6.45, 7) is 8.87. The number of amides is 2. The number of aryl methyl sites for hydroxylation is 2. The highest BCUT2D eigenvalue weighted by molar-refractivity contribution is 7.90. The number of anilines is 1. The zero-order chi connectivity index (χ0) is 28.8. The van der Waals surface area contributed by atoms with Crippen molar-refractivity contribution in [3.63, 3.8) is 0 Å². The van der Waals surface area contributed by atoms with Crippen molar-refractivity contribution < 1.29 is 18.0 Å². The number of carbonyl (C=O) groups is 2. The van der Waals surface area contributed by atoms with Crippen LogP contribution >= 0.6 is 23.2 Å². The summed E-state index contributed by atoms with van der Waals surface area (Å²) < 4.78 is 29.0. The molecule has 2 aromatic rings. The van der Waals surface area contributed by atoms with Gasteiger partial charge in [-0.1, -0.05) is 55.2 Å². The lowest BCUT2D eigenvalue weighted by Crippen LogP contribution is -2.54. The number of nitrogens with zero attached hydrogens (tertiary/aromatic N) is 3. The third kappa shape index (κ3) is 7.85. The third-order valence-corrected chi connectivity index (χ3v) is 8.92. The lowest BCUT2D eigenvalue weighted by molar-refractivity contribution is -0.140. The van der Waals surface area contributed by atoms with Crippen LogP contribution in [0.3, 0.4) is 0 Å². The summed E-state index contributed by atoms with van der Waals surface area (Å²) >= 11 is 12.3. The van der Waals surface area contributed by atoms with Crippen molar-refractivity contribution in [1.82, 2.24) is 14.5 Å². The van der Waals surface area contributed by atoms with Gasteiger partial charge in [0.15, 0.2) is 0 Å². The fourth-order valence-electron chi connectivity index (χ4n) is 3.89. The quantitative estimate of drug-likeness (QED) is 0.382. The minimum Gasteiger partial charge on any atom is -0.352 e. The Morgan fingerprint density at radius 3 is 2.18 bits per heavy atom. The van der Waals surface area contributed by atoms with Crippen molar-refractivity contribution in [3.8, 4) is 0 Å². The second-order valence-electron chi connectivity index (χ2n) is 9.60. The fraction of sp³-hybridized carbons (Fsp3) is 0.481. The van der Waals surface area contributed by atoms with Gasteiger partial charge in [0, 0.05) is 26.7 Å². The first-order valence-electron chi connectivity index (χ1n) is 12.5. The zero-order valence-corrected chi connectivity index (χ0v) is 25.4. The van der Waals surface area contributed by atoms with Crippen LogP contribution in [-0.4, -0.2) is 62.2 Å². The van der Waals surface area contributed by atoms with Crippen LogP contribution in [0.5, 0.6) is 0 Å². The van der Waals surface area contributed by atoms with Crippen LogP contribution in [0.1, 0.15) is 50.3 Å².